The van der Waals surface area contributed by atoms with Gasteiger partial charge < -0.3 is 19.9 Å². The van der Waals surface area contributed by atoms with E-state index in [4.69, 9.17) is 4.74 Å². The molecule has 0 aromatic carbocycles. The minimum Gasteiger partial charge on any atom is -0.378 e. The average Bonchev–Trinajstić information content (AvgIpc) is 2.92. The van der Waals surface area contributed by atoms with Crippen LogP contribution in [0.4, 0.5) is 0 Å². The summed E-state index contributed by atoms with van der Waals surface area (Å²) in [5, 5.41) is 14.8. The second-order valence-electron chi connectivity index (χ2n) is 6.33. The van der Waals surface area contributed by atoms with Gasteiger partial charge in [0.1, 0.15) is 12.4 Å². The Labute approximate surface area is 168 Å². The highest BCUT2D eigenvalue weighted by Crippen LogP contribution is 2.20. The predicted octanol–water partition coefficient (Wildman–Crippen LogP) is 2.54. The predicted molar refractivity (Wildman–Crippen MR) is 111 cm³/mol. The average molecular weight is 464 g/mol. The fourth-order valence-electron chi connectivity index (χ4n) is 2.84. The van der Waals surface area contributed by atoms with Gasteiger partial charge in [-0.15, -0.1) is 34.2 Å². The molecular weight excluding hydrogens is 431 g/mol. The van der Waals surface area contributed by atoms with Crippen LogP contribution in [-0.2, 0) is 18.3 Å². The molecule has 25 heavy (non-hydrogen) atoms. The van der Waals surface area contributed by atoms with E-state index >= 15 is 0 Å². The summed E-state index contributed by atoms with van der Waals surface area (Å²) in [6, 6.07) is 0. The van der Waals surface area contributed by atoms with E-state index in [1.807, 2.05) is 18.5 Å². The molecule has 1 aromatic rings. The van der Waals surface area contributed by atoms with Crippen molar-refractivity contribution >= 4 is 29.9 Å². The number of nitrogens with zero attached hydrogens (tertiary/aromatic N) is 4. The number of ether oxygens (including phenoxy) is 1. The van der Waals surface area contributed by atoms with Gasteiger partial charge in [0.15, 0.2) is 11.8 Å². The number of hydrogen-bond donors (Lipinski definition) is 2. The Morgan fingerprint density at radius 1 is 1.24 bits per heavy atom. The smallest absolute Gasteiger partial charge is 0.191 e. The summed E-state index contributed by atoms with van der Waals surface area (Å²) in [6.45, 7) is 7.04. The first-order valence-corrected chi connectivity index (χ1v) is 9.19. The molecule has 8 heteroatoms. The van der Waals surface area contributed by atoms with E-state index < -0.39 is 0 Å². The van der Waals surface area contributed by atoms with Crippen LogP contribution < -0.4 is 10.6 Å². The third-order valence-electron chi connectivity index (χ3n) is 4.42. The van der Waals surface area contributed by atoms with Crippen molar-refractivity contribution in [1.29, 1.82) is 0 Å². The van der Waals surface area contributed by atoms with Crippen LogP contribution in [-0.4, -0.2) is 46.5 Å². The Bertz CT molecular complexity index is 513. The molecule has 2 rings (SSSR count). The van der Waals surface area contributed by atoms with Crippen molar-refractivity contribution < 1.29 is 4.74 Å². The standard InChI is InChI=1S/C17H32N6O.HI/c1-4-18-17(20-13-16-22-21-14(2)23(16)3)19-11-8-12-24-15-9-6-5-7-10-15;/h15H,4-13H2,1-3H3,(H2,18,19,20);1H. The van der Waals surface area contributed by atoms with Crippen molar-refractivity contribution in [2.24, 2.45) is 12.0 Å². The summed E-state index contributed by atoms with van der Waals surface area (Å²) in [5.74, 6) is 2.58. The van der Waals surface area contributed by atoms with Crippen molar-refractivity contribution in [2.45, 2.75) is 65.0 Å². The minimum atomic E-state index is 0. The molecule has 2 N–H and O–H groups in total. The lowest BCUT2D eigenvalue weighted by molar-refractivity contribution is 0.0277. The molecule has 0 spiro atoms. The molecule has 1 saturated carbocycles. The van der Waals surface area contributed by atoms with Crippen LogP contribution >= 0.6 is 24.0 Å². The van der Waals surface area contributed by atoms with Gasteiger partial charge in [0, 0.05) is 26.7 Å². The number of aliphatic imine (C=N–C) groups is 1. The molecule has 0 unspecified atom stereocenters. The molecular formula is C17H33IN6O. The van der Waals surface area contributed by atoms with Gasteiger partial charge in [-0.1, -0.05) is 19.3 Å². The maximum atomic E-state index is 5.95. The normalized spacial score (nSPS) is 15.7. The van der Waals surface area contributed by atoms with Crippen LogP contribution in [0.15, 0.2) is 4.99 Å². The molecule has 1 fully saturated rings. The highest BCUT2D eigenvalue weighted by atomic mass is 127. The first-order valence-electron chi connectivity index (χ1n) is 9.19. The number of rotatable bonds is 8. The van der Waals surface area contributed by atoms with E-state index in [2.05, 4.69) is 32.7 Å². The van der Waals surface area contributed by atoms with E-state index in [0.29, 0.717) is 12.6 Å². The first-order chi connectivity index (χ1) is 11.7. The van der Waals surface area contributed by atoms with Gasteiger partial charge in [-0.25, -0.2) is 4.99 Å². The minimum absolute atomic E-state index is 0. The summed E-state index contributed by atoms with van der Waals surface area (Å²) in [4.78, 5) is 4.58. The third kappa shape index (κ3) is 7.89. The van der Waals surface area contributed by atoms with Crippen LogP contribution in [0.2, 0.25) is 0 Å². The Morgan fingerprint density at radius 2 is 2.00 bits per heavy atom. The van der Waals surface area contributed by atoms with E-state index in [1.165, 1.54) is 32.1 Å². The zero-order valence-electron chi connectivity index (χ0n) is 15.8. The van der Waals surface area contributed by atoms with Crippen LogP contribution in [0.25, 0.3) is 0 Å². The molecule has 0 radical (unpaired) electrons. The van der Waals surface area contributed by atoms with Gasteiger partial charge in [-0.3, -0.25) is 0 Å². The van der Waals surface area contributed by atoms with Crippen molar-refractivity contribution in [1.82, 2.24) is 25.4 Å². The maximum absolute atomic E-state index is 5.95. The van der Waals surface area contributed by atoms with E-state index in [0.717, 1.165) is 43.7 Å². The molecule has 1 aromatic heterocycles. The molecule has 1 heterocycles. The lowest BCUT2D eigenvalue weighted by Gasteiger charge is -2.22. The first kappa shape index (κ1) is 22.1. The number of aryl methyl sites for hydroxylation is 1. The van der Waals surface area contributed by atoms with E-state index in [9.17, 15) is 0 Å². The molecule has 0 amide bonds. The van der Waals surface area contributed by atoms with Gasteiger partial charge in [0.05, 0.1) is 6.10 Å². The summed E-state index contributed by atoms with van der Waals surface area (Å²) >= 11 is 0. The number of guanidine groups is 1. The van der Waals surface area contributed by atoms with Crippen molar-refractivity contribution in [3.8, 4) is 0 Å². The van der Waals surface area contributed by atoms with Gasteiger partial charge in [0.2, 0.25) is 0 Å². The number of hydrogen-bond acceptors (Lipinski definition) is 4. The van der Waals surface area contributed by atoms with Crippen LogP contribution in [0, 0.1) is 6.92 Å². The lowest BCUT2D eigenvalue weighted by atomic mass is 9.98. The summed E-state index contributed by atoms with van der Waals surface area (Å²) in [5.41, 5.74) is 0. The SMILES string of the molecule is CCNC(=NCc1nnc(C)n1C)NCCCOC1CCCCC1.I. The summed E-state index contributed by atoms with van der Waals surface area (Å²) < 4.78 is 7.91. The largest absolute Gasteiger partial charge is 0.378 e. The Morgan fingerprint density at radius 3 is 2.64 bits per heavy atom. The zero-order chi connectivity index (χ0) is 17.2. The van der Waals surface area contributed by atoms with Crippen LogP contribution in [0.5, 0.6) is 0 Å². The van der Waals surface area contributed by atoms with E-state index in [-0.39, 0.29) is 24.0 Å². The molecule has 7 nitrogen and oxygen atoms in total. The van der Waals surface area contributed by atoms with Crippen molar-refractivity contribution in [3.05, 3.63) is 11.6 Å². The second kappa shape index (κ2) is 12.5. The van der Waals surface area contributed by atoms with Gasteiger partial charge in [-0.2, -0.15) is 0 Å². The van der Waals surface area contributed by atoms with Gasteiger partial charge >= 0.3 is 0 Å². The molecule has 1 aliphatic carbocycles. The Kier molecular flexibility index (Phi) is 11.0. The molecule has 0 bridgehead atoms. The molecule has 0 atom stereocenters. The zero-order valence-corrected chi connectivity index (χ0v) is 18.1. The van der Waals surface area contributed by atoms with E-state index in [1.54, 1.807) is 0 Å². The summed E-state index contributed by atoms with van der Waals surface area (Å²) in [7, 11) is 1.96. The molecule has 0 saturated heterocycles. The number of nitrogens with one attached hydrogen (secondary N) is 2. The van der Waals surface area contributed by atoms with Crippen molar-refractivity contribution in [2.75, 3.05) is 19.7 Å². The monoisotopic (exact) mass is 464 g/mol. The summed E-state index contributed by atoms with van der Waals surface area (Å²) in [6.07, 6.45) is 7.95. The van der Waals surface area contributed by atoms with Gasteiger partial charge in [0.25, 0.3) is 0 Å². The topological polar surface area (TPSA) is 76.4 Å². The highest BCUT2D eigenvalue weighted by Gasteiger charge is 2.13. The number of halogens is 1. The quantitative estimate of drug-likeness (QED) is 0.268. The maximum Gasteiger partial charge on any atom is 0.191 e. The van der Waals surface area contributed by atoms with Crippen LogP contribution in [0.3, 0.4) is 0 Å². The Balaban J connectivity index is 0.00000312. The fraction of sp³-hybridized carbons (Fsp3) is 0.824. The van der Waals surface area contributed by atoms with Crippen LogP contribution in [0.1, 0.15) is 57.1 Å². The fourth-order valence-corrected chi connectivity index (χ4v) is 2.84. The highest BCUT2D eigenvalue weighted by molar-refractivity contribution is 14.0. The number of aromatic nitrogens is 3. The molecule has 1 aliphatic rings. The van der Waals surface area contributed by atoms with Crippen molar-refractivity contribution in [3.63, 3.8) is 0 Å². The molecule has 0 aliphatic heterocycles. The third-order valence-corrected chi connectivity index (χ3v) is 4.42. The lowest BCUT2D eigenvalue weighted by Crippen LogP contribution is -2.38. The molecule has 144 valence electrons. The Hall–Kier alpha value is -0.900. The second-order valence-corrected chi connectivity index (χ2v) is 6.33. The van der Waals surface area contributed by atoms with Gasteiger partial charge in [-0.05, 0) is 33.1 Å².